The molecule has 0 bridgehead atoms. The minimum atomic E-state index is 0.304. The fourth-order valence-corrected chi connectivity index (χ4v) is 3.28. The third kappa shape index (κ3) is 2.58. The van der Waals surface area contributed by atoms with Gasteiger partial charge in [0.25, 0.3) is 0 Å². The summed E-state index contributed by atoms with van der Waals surface area (Å²) in [6.07, 6.45) is 1.01. The molecule has 0 aliphatic heterocycles. The SMILES string of the molecule is CCC(Br)c1nnc(-c2csc(Cl)c2)s1. The lowest BCUT2D eigenvalue weighted by Crippen LogP contribution is -1.84. The van der Waals surface area contributed by atoms with Crippen molar-refractivity contribution >= 4 is 50.2 Å². The molecule has 1 atom stereocenters. The van der Waals surface area contributed by atoms with E-state index in [-0.39, 0.29) is 0 Å². The molecule has 0 fully saturated rings. The average Bonchev–Trinajstić information content (AvgIpc) is 2.84. The van der Waals surface area contributed by atoms with Crippen molar-refractivity contribution in [2.24, 2.45) is 0 Å². The lowest BCUT2D eigenvalue weighted by molar-refractivity contribution is 0.870. The van der Waals surface area contributed by atoms with Crippen LogP contribution in [0, 0.1) is 0 Å². The van der Waals surface area contributed by atoms with Gasteiger partial charge < -0.3 is 0 Å². The van der Waals surface area contributed by atoms with Crippen LogP contribution in [0.1, 0.15) is 23.2 Å². The van der Waals surface area contributed by atoms with Gasteiger partial charge in [0.15, 0.2) is 0 Å². The Labute approximate surface area is 109 Å². The molecule has 0 aliphatic rings. The Bertz CT molecular complexity index is 454. The minimum absolute atomic E-state index is 0.304. The Hall–Kier alpha value is 0.0300. The van der Waals surface area contributed by atoms with Crippen LogP contribution in [-0.2, 0) is 0 Å². The maximum Gasteiger partial charge on any atom is 0.148 e. The summed E-state index contributed by atoms with van der Waals surface area (Å²) in [6, 6.07) is 1.92. The Morgan fingerprint density at radius 3 is 2.93 bits per heavy atom. The summed E-state index contributed by atoms with van der Waals surface area (Å²) >= 11 is 12.6. The van der Waals surface area contributed by atoms with E-state index in [4.69, 9.17) is 11.6 Å². The van der Waals surface area contributed by atoms with E-state index in [2.05, 4.69) is 33.1 Å². The van der Waals surface area contributed by atoms with E-state index in [1.165, 1.54) is 11.3 Å². The largest absolute Gasteiger partial charge is 0.148 e. The third-order valence-electron chi connectivity index (χ3n) is 1.88. The summed E-state index contributed by atoms with van der Waals surface area (Å²) in [5.41, 5.74) is 1.06. The van der Waals surface area contributed by atoms with Gasteiger partial charge in [0, 0.05) is 10.9 Å². The second kappa shape index (κ2) is 4.91. The Kier molecular flexibility index (Phi) is 3.77. The van der Waals surface area contributed by atoms with Crippen molar-refractivity contribution in [3.63, 3.8) is 0 Å². The summed E-state index contributed by atoms with van der Waals surface area (Å²) in [4.78, 5) is 0.304. The molecular formula is C9H8BrClN2S2. The molecule has 2 aromatic heterocycles. The van der Waals surface area contributed by atoms with Crippen LogP contribution in [0.4, 0.5) is 0 Å². The molecule has 0 N–H and O–H groups in total. The highest BCUT2D eigenvalue weighted by Gasteiger charge is 2.13. The first-order valence-corrected chi connectivity index (χ1v) is 7.41. The van der Waals surface area contributed by atoms with Gasteiger partial charge in [0.1, 0.15) is 10.0 Å². The lowest BCUT2D eigenvalue weighted by Gasteiger charge is -1.97. The average molecular weight is 324 g/mol. The van der Waals surface area contributed by atoms with Gasteiger partial charge in [-0.2, -0.15) is 0 Å². The molecule has 0 aliphatic carbocycles. The highest BCUT2D eigenvalue weighted by atomic mass is 79.9. The second-order valence-electron chi connectivity index (χ2n) is 2.96. The van der Waals surface area contributed by atoms with E-state index < -0.39 is 0 Å². The standard InChI is InChI=1S/C9H8BrClN2S2/c1-2-6(10)9-13-12-8(15-9)5-3-7(11)14-4-5/h3-4,6H,2H2,1H3. The van der Waals surface area contributed by atoms with Gasteiger partial charge in [-0.05, 0) is 12.5 Å². The van der Waals surface area contributed by atoms with Crippen molar-refractivity contribution < 1.29 is 0 Å². The predicted molar refractivity (Wildman–Crippen MR) is 70.2 cm³/mol. The van der Waals surface area contributed by atoms with Crippen LogP contribution in [0.25, 0.3) is 10.6 Å². The van der Waals surface area contributed by atoms with Crippen LogP contribution in [0.15, 0.2) is 11.4 Å². The Morgan fingerprint density at radius 1 is 1.53 bits per heavy atom. The fraction of sp³-hybridized carbons (Fsp3) is 0.333. The van der Waals surface area contributed by atoms with Gasteiger partial charge in [-0.25, -0.2) is 0 Å². The molecule has 0 aromatic carbocycles. The summed E-state index contributed by atoms with van der Waals surface area (Å²) < 4.78 is 0.785. The molecule has 2 nitrogen and oxygen atoms in total. The Balaban J connectivity index is 2.27. The van der Waals surface area contributed by atoms with Crippen molar-refractivity contribution in [1.82, 2.24) is 10.2 Å². The maximum atomic E-state index is 5.87. The highest BCUT2D eigenvalue weighted by Crippen LogP contribution is 2.35. The van der Waals surface area contributed by atoms with Gasteiger partial charge in [-0.15, -0.1) is 21.5 Å². The number of hydrogen-bond acceptors (Lipinski definition) is 4. The van der Waals surface area contributed by atoms with Gasteiger partial charge in [-0.1, -0.05) is 45.8 Å². The van der Waals surface area contributed by atoms with Crippen LogP contribution in [0.3, 0.4) is 0 Å². The van der Waals surface area contributed by atoms with Crippen LogP contribution in [0.5, 0.6) is 0 Å². The smallest absolute Gasteiger partial charge is 0.142 e. The second-order valence-corrected chi connectivity index (χ2v) is 6.62. The zero-order chi connectivity index (χ0) is 10.8. The summed E-state index contributed by atoms with van der Waals surface area (Å²) in [5, 5.41) is 12.3. The van der Waals surface area contributed by atoms with Gasteiger partial charge >= 0.3 is 0 Å². The van der Waals surface area contributed by atoms with Crippen molar-refractivity contribution in [2.45, 2.75) is 18.2 Å². The van der Waals surface area contributed by atoms with Crippen LogP contribution < -0.4 is 0 Å². The topological polar surface area (TPSA) is 25.8 Å². The van der Waals surface area contributed by atoms with Crippen molar-refractivity contribution in [2.75, 3.05) is 0 Å². The van der Waals surface area contributed by atoms with E-state index in [0.29, 0.717) is 4.83 Å². The summed E-state index contributed by atoms with van der Waals surface area (Å²) in [7, 11) is 0. The first kappa shape index (κ1) is 11.5. The van der Waals surface area contributed by atoms with Crippen LogP contribution in [-0.4, -0.2) is 10.2 Å². The van der Waals surface area contributed by atoms with Crippen LogP contribution in [0.2, 0.25) is 4.34 Å². The Morgan fingerprint density at radius 2 is 2.33 bits per heavy atom. The predicted octanol–water partition coefficient (Wildman–Crippen LogP) is 4.77. The molecular weight excluding hydrogens is 316 g/mol. The molecule has 6 heteroatoms. The van der Waals surface area contributed by atoms with E-state index in [1.54, 1.807) is 11.3 Å². The molecule has 80 valence electrons. The van der Waals surface area contributed by atoms with Crippen molar-refractivity contribution in [1.29, 1.82) is 0 Å². The first-order valence-electron chi connectivity index (χ1n) is 4.42. The number of nitrogens with zero attached hydrogens (tertiary/aromatic N) is 2. The van der Waals surface area contributed by atoms with Gasteiger partial charge in [-0.3, -0.25) is 0 Å². The van der Waals surface area contributed by atoms with E-state index >= 15 is 0 Å². The molecule has 1 unspecified atom stereocenters. The molecule has 0 radical (unpaired) electrons. The zero-order valence-electron chi connectivity index (χ0n) is 7.91. The summed E-state index contributed by atoms with van der Waals surface area (Å²) in [5.74, 6) is 0. The van der Waals surface area contributed by atoms with Crippen molar-refractivity contribution in [3.8, 4) is 10.6 Å². The molecule has 15 heavy (non-hydrogen) atoms. The summed E-state index contributed by atoms with van der Waals surface area (Å²) in [6.45, 7) is 2.11. The molecule has 0 saturated heterocycles. The fourth-order valence-electron chi connectivity index (χ4n) is 1.07. The van der Waals surface area contributed by atoms with Gasteiger partial charge in [0.05, 0.1) is 9.16 Å². The van der Waals surface area contributed by atoms with E-state index in [1.807, 2.05) is 11.4 Å². The number of hydrogen-bond donors (Lipinski definition) is 0. The normalized spacial score (nSPS) is 13.0. The third-order valence-corrected chi connectivity index (χ3v) is 5.44. The number of halogens is 2. The molecule has 2 rings (SSSR count). The lowest BCUT2D eigenvalue weighted by atomic mass is 10.4. The zero-order valence-corrected chi connectivity index (χ0v) is 11.9. The quantitative estimate of drug-likeness (QED) is 0.761. The van der Waals surface area contributed by atoms with E-state index in [9.17, 15) is 0 Å². The molecule has 0 amide bonds. The van der Waals surface area contributed by atoms with Crippen LogP contribution >= 0.6 is 50.2 Å². The number of aromatic nitrogens is 2. The highest BCUT2D eigenvalue weighted by molar-refractivity contribution is 9.09. The molecule has 2 heterocycles. The molecule has 0 spiro atoms. The first-order chi connectivity index (χ1) is 7.20. The molecule has 0 saturated carbocycles. The van der Waals surface area contributed by atoms with E-state index in [0.717, 1.165) is 26.3 Å². The van der Waals surface area contributed by atoms with Crippen molar-refractivity contribution in [3.05, 3.63) is 20.8 Å². The number of rotatable bonds is 3. The number of thiophene rings is 1. The maximum absolute atomic E-state index is 5.87. The monoisotopic (exact) mass is 322 g/mol. The van der Waals surface area contributed by atoms with Gasteiger partial charge in [0.2, 0.25) is 0 Å². The number of alkyl halides is 1. The molecule has 2 aromatic rings. The minimum Gasteiger partial charge on any atom is -0.142 e.